The maximum atomic E-state index is 5.90. The fraction of sp³-hybridized carbons (Fsp3) is 0.533. The van der Waals surface area contributed by atoms with Crippen LogP contribution in [0.2, 0.25) is 0 Å². The number of ether oxygens (including phenoxy) is 1. The average molecular weight is 277 g/mol. The molecule has 0 bridgehead atoms. The molecule has 4 heteroatoms. The summed E-state index contributed by atoms with van der Waals surface area (Å²) in [5.41, 5.74) is 1.21. The number of hydrogen-bond acceptors (Lipinski definition) is 4. The van der Waals surface area contributed by atoms with Crippen LogP contribution in [-0.4, -0.2) is 17.2 Å². The molecule has 3 nitrogen and oxygen atoms in total. The summed E-state index contributed by atoms with van der Waals surface area (Å²) in [6.45, 7) is 5.24. The quantitative estimate of drug-likeness (QED) is 0.830. The van der Waals surface area contributed by atoms with Crippen LogP contribution in [0.3, 0.4) is 0 Å². The Hall–Kier alpha value is -1.13. The van der Waals surface area contributed by atoms with E-state index in [4.69, 9.17) is 14.1 Å². The van der Waals surface area contributed by atoms with Crippen molar-refractivity contribution in [3.8, 4) is 10.8 Å². The lowest BCUT2D eigenvalue weighted by atomic mass is 9.84. The Morgan fingerprint density at radius 1 is 1.53 bits per heavy atom. The van der Waals surface area contributed by atoms with Crippen molar-refractivity contribution < 1.29 is 9.15 Å². The molecule has 0 aliphatic carbocycles. The van der Waals surface area contributed by atoms with Crippen LogP contribution in [0.5, 0.6) is 0 Å². The molecule has 0 amide bonds. The van der Waals surface area contributed by atoms with E-state index in [0.29, 0.717) is 5.92 Å². The SMILES string of the molecule is CCC1(C)CC(c2csc(-c3ccco3)n2)CCO1. The standard InChI is InChI=1S/C15H19NO2S/c1-3-15(2)9-11(6-8-18-15)12-10-19-14(16-12)13-5-4-7-17-13/h4-5,7,10-11H,3,6,8-9H2,1-2H3. The van der Waals surface area contributed by atoms with E-state index in [1.807, 2.05) is 12.1 Å². The maximum absolute atomic E-state index is 5.90. The molecule has 1 fully saturated rings. The largest absolute Gasteiger partial charge is 0.462 e. The Morgan fingerprint density at radius 2 is 2.42 bits per heavy atom. The maximum Gasteiger partial charge on any atom is 0.162 e. The Morgan fingerprint density at radius 3 is 3.16 bits per heavy atom. The molecule has 2 unspecified atom stereocenters. The summed E-state index contributed by atoms with van der Waals surface area (Å²) in [5, 5.41) is 3.15. The smallest absolute Gasteiger partial charge is 0.162 e. The first kappa shape index (κ1) is 12.9. The third-order valence-electron chi connectivity index (χ3n) is 4.02. The van der Waals surface area contributed by atoms with Gasteiger partial charge in [-0.25, -0.2) is 4.98 Å². The van der Waals surface area contributed by atoms with Gasteiger partial charge in [0.1, 0.15) is 0 Å². The van der Waals surface area contributed by atoms with E-state index in [1.165, 1.54) is 5.69 Å². The van der Waals surface area contributed by atoms with Gasteiger partial charge in [-0.3, -0.25) is 0 Å². The minimum Gasteiger partial charge on any atom is -0.462 e. The van der Waals surface area contributed by atoms with Gasteiger partial charge in [0.2, 0.25) is 0 Å². The summed E-state index contributed by atoms with van der Waals surface area (Å²) in [6.07, 6.45) is 4.87. The van der Waals surface area contributed by atoms with Crippen LogP contribution in [0, 0.1) is 0 Å². The summed E-state index contributed by atoms with van der Waals surface area (Å²) >= 11 is 1.66. The van der Waals surface area contributed by atoms with Crippen molar-refractivity contribution in [1.29, 1.82) is 0 Å². The van der Waals surface area contributed by atoms with E-state index in [0.717, 1.165) is 36.6 Å². The van der Waals surface area contributed by atoms with Crippen LogP contribution in [0.4, 0.5) is 0 Å². The van der Waals surface area contributed by atoms with Gasteiger partial charge in [-0.15, -0.1) is 11.3 Å². The number of furan rings is 1. The number of nitrogens with zero attached hydrogens (tertiary/aromatic N) is 1. The van der Waals surface area contributed by atoms with Gasteiger partial charge in [-0.2, -0.15) is 0 Å². The van der Waals surface area contributed by atoms with E-state index in [2.05, 4.69) is 19.2 Å². The Kier molecular flexibility index (Phi) is 3.46. The highest BCUT2D eigenvalue weighted by atomic mass is 32.1. The van der Waals surface area contributed by atoms with E-state index in [-0.39, 0.29) is 5.60 Å². The van der Waals surface area contributed by atoms with E-state index in [1.54, 1.807) is 17.6 Å². The first-order valence-corrected chi connectivity index (χ1v) is 7.71. The van der Waals surface area contributed by atoms with Gasteiger partial charge in [-0.1, -0.05) is 6.92 Å². The molecule has 1 aliphatic rings. The number of aromatic nitrogens is 1. The van der Waals surface area contributed by atoms with Crippen molar-refractivity contribution in [2.75, 3.05) is 6.61 Å². The van der Waals surface area contributed by atoms with Crippen LogP contribution in [-0.2, 0) is 4.74 Å². The van der Waals surface area contributed by atoms with Crippen molar-refractivity contribution in [3.63, 3.8) is 0 Å². The molecule has 102 valence electrons. The molecule has 0 saturated carbocycles. The molecule has 19 heavy (non-hydrogen) atoms. The van der Waals surface area contributed by atoms with Crippen LogP contribution in [0.15, 0.2) is 28.2 Å². The molecular formula is C15H19NO2S. The molecule has 3 rings (SSSR count). The van der Waals surface area contributed by atoms with Gasteiger partial charge in [0.15, 0.2) is 10.8 Å². The third-order valence-corrected chi connectivity index (χ3v) is 4.89. The van der Waals surface area contributed by atoms with Crippen molar-refractivity contribution >= 4 is 11.3 Å². The molecule has 1 saturated heterocycles. The second-order valence-corrected chi connectivity index (χ2v) is 6.25. The van der Waals surface area contributed by atoms with Gasteiger partial charge in [0.25, 0.3) is 0 Å². The van der Waals surface area contributed by atoms with E-state index < -0.39 is 0 Å². The molecule has 2 atom stereocenters. The minimum atomic E-state index is 0.0113. The monoisotopic (exact) mass is 277 g/mol. The second kappa shape index (κ2) is 5.10. The van der Waals surface area contributed by atoms with Gasteiger partial charge in [0.05, 0.1) is 17.6 Å². The average Bonchev–Trinajstić information content (AvgIpc) is 3.09. The predicted octanol–water partition coefficient (Wildman–Crippen LogP) is 4.47. The highest BCUT2D eigenvalue weighted by Gasteiger charge is 2.33. The highest BCUT2D eigenvalue weighted by molar-refractivity contribution is 7.13. The van der Waals surface area contributed by atoms with Crippen LogP contribution < -0.4 is 0 Å². The first-order valence-electron chi connectivity index (χ1n) is 6.83. The molecule has 0 N–H and O–H groups in total. The van der Waals surface area contributed by atoms with Gasteiger partial charge < -0.3 is 9.15 Å². The third kappa shape index (κ3) is 2.60. The topological polar surface area (TPSA) is 35.3 Å². The fourth-order valence-electron chi connectivity index (χ4n) is 2.62. The first-order chi connectivity index (χ1) is 9.20. The predicted molar refractivity (Wildman–Crippen MR) is 76.4 cm³/mol. The Balaban J connectivity index is 1.79. The zero-order valence-corrected chi connectivity index (χ0v) is 12.2. The Labute approximate surface area is 117 Å². The van der Waals surface area contributed by atoms with Crippen molar-refractivity contribution in [2.24, 2.45) is 0 Å². The second-order valence-electron chi connectivity index (χ2n) is 5.40. The zero-order chi connectivity index (χ0) is 13.3. The molecule has 0 radical (unpaired) electrons. The van der Waals surface area contributed by atoms with Crippen molar-refractivity contribution in [3.05, 3.63) is 29.5 Å². The summed E-state index contributed by atoms with van der Waals surface area (Å²) in [4.78, 5) is 4.75. The minimum absolute atomic E-state index is 0.0113. The molecule has 2 aromatic heterocycles. The van der Waals surface area contributed by atoms with Gasteiger partial charge in [0, 0.05) is 17.9 Å². The van der Waals surface area contributed by atoms with Crippen molar-refractivity contribution in [1.82, 2.24) is 4.98 Å². The van der Waals surface area contributed by atoms with Crippen LogP contribution in [0.25, 0.3) is 10.8 Å². The highest BCUT2D eigenvalue weighted by Crippen LogP contribution is 2.38. The van der Waals surface area contributed by atoms with Gasteiger partial charge >= 0.3 is 0 Å². The normalized spacial score (nSPS) is 27.6. The number of rotatable bonds is 3. The number of hydrogen-bond donors (Lipinski definition) is 0. The molecule has 0 spiro atoms. The Bertz CT molecular complexity index is 534. The number of thiazole rings is 1. The molecule has 3 heterocycles. The van der Waals surface area contributed by atoms with E-state index in [9.17, 15) is 0 Å². The molecule has 1 aliphatic heterocycles. The summed E-state index contributed by atoms with van der Waals surface area (Å²) in [7, 11) is 0. The van der Waals surface area contributed by atoms with Gasteiger partial charge in [-0.05, 0) is 38.3 Å². The summed E-state index contributed by atoms with van der Waals surface area (Å²) in [6, 6.07) is 3.86. The molecule has 2 aromatic rings. The zero-order valence-electron chi connectivity index (χ0n) is 11.4. The lowest BCUT2D eigenvalue weighted by Gasteiger charge is -2.37. The van der Waals surface area contributed by atoms with Crippen LogP contribution >= 0.6 is 11.3 Å². The lowest BCUT2D eigenvalue weighted by molar-refractivity contribution is -0.0750. The fourth-order valence-corrected chi connectivity index (χ4v) is 3.48. The van der Waals surface area contributed by atoms with Crippen molar-refractivity contribution in [2.45, 2.75) is 44.6 Å². The van der Waals surface area contributed by atoms with E-state index >= 15 is 0 Å². The summed E-state index contributed by atoms with van der Waals surface area (Å²) < 4.78 is 11.3. The molecular weight excluding hydrogens is 258 g/mol. The lowest BCUT2D eigenvalue weighted by Crippen LogP contribution is -2.35. The van der Waals surface area contributed by atoms with Crippen LogP contribution in [0.1, 0.15) is 44.7 Å². The summed E-state index contributed by atoms with van der Waals surface area (Å²) in [5.74, 6) is 1.38. The molecule has 0 aromatic carbocycles.